The van der Waals surface area contributed by atoms with E-state index in [0.29, 0.717) is 33.1 Å². The van der Waals surface area contributed by atoms with Crippen molar-refractivity contribution in [2.45, 2.75) is 13.3 Å². The number of rotatable bonds is 5. The lowest BCUT2D eigenvalue weighted by Gasteiger charge is -2.09. The van der Waals surface area contributed by atoms with Crippen LogP contribution in [0.2, 0.25) is 10.0 Å². The fourth-order valence-electron chi connectivity index (χ4n) is 2.19. The van der Waals surface area contributed by atoms with E-state index in [2.05, 4.69) is 4.98 Å². The Hall–Kier alpha value is -1.76. The van der Waals surface area contributed by atoms with Crippen LogP contribution in [0.5, 0.6) is 5.75 Å². The van der Waals surface area contributed by atoms with Gasteiger partial charge in [-0.1, -0.05) is 30.1 Å². The third-order valence-corrected chi connectivity index (χ3v) is 5.01. The molecule has 0 N–H and O–H groups in total. The van der Waals surface area contributed by atoms with Gasteiger partial charge < -0.3 is 8.60 Å². The summed E-state index contributed by atoms with van der Waals surface area (Å²) in [5.74, 6) is 0.210. The highest BCUT2D eigenvalue weighted by Gasteiger charge is 2.19. The van der Waals surface area contributed by atoms with Crippen molar-refractivity contribution in [1.82, 2.24) is 4.98 Å². The molecular formula is C16H13Cl2NO4S. The number of aromatic nitrogens is 1. The Labute approximate surface area is 149 Å². The summed E-state index contributed by atoms with van der Waals surface area (Å²) in [7, 11) is -3.72. The number of hydrogen-bond acceptors (Lipinski definition) is 5. The number of benzene rings is 2. The van der Waals surface area contributed by atoms with E-state index in [0.717, 1.165) is 0 Å². The number of oxazole rings is 1. The minimum atomic E-state index is -3.72. The molecular weight excluding hydrogens is 373 g/mol. The molecule has 0 radical (unpaired) electrons. The van der Waals surface area contributed by atoms with Gasteiger partial charge in [0.2, 0.25) is 5.89 Å². The minimum Gasteiger partial charge on any atom is -0.436 e. The van der Waals surface area contributed by atoms with Gasteiger partial charge in [-0.2, -0.15) is 8.42 Å². The predicted octanol–water partition coefficient (Wildman–Crippen LogP) is 4.92. The largest absolute Gasteiger partial charge is 0.436 e. The fraction of sp³-hybridized carbons (Fsp3) is 0.188. The van der Waals surface area contributed by atoms with Gasteiger partial charge in [0.25, 0.3) is 0 Å². The van der Waals surface area contributed by atoms with Crippen LogP contribution in [0.15, 0.2) is 40.8 Å². The Morgan fingerprint density at radius 3 is 2.58 bits per heavy atom. The summed E-state index contributed by atoms with van der Waals surface area (Å²) in [6.07, 6.45) is 0.444. The van der Waals surface area contributed by atoms with Gasteiger partial charge in [0, 0.05) is 16.1 Å². The Morgan fingerprint density at radius 2 is 1.83 bits per heavy atom. The fourth-order valence-corrected chi connectivity index (χ4v) is 3.51. The molecule has 0 aliphatic rings. The maximum absolute atomic E-state index is 12.0. The van der Waals surface area contributed by atoms with Crippen LogP contribution in [-0.4, -0.2) is 19.2 Å². The van der Waals surface area contributed by atoms with E-state index >= 15 is 0 Å². The lowest BCUT2D eigenvalue weighted by molar-refractivity contribution is 0.484. The monoisotopic (exact) mass is 385 g/mol. The van der Waals surface area contributed by atoms with E-state index in [1.54, 1.807) is 37.3 Å². The second kappa shape index (κ2) is 6.63. The molecule has 5 nitrogen and oxygen atoms in total. The molecule has 0 atom stereocenters. The Kier molecular flexibility index (Phi) is 4.71. The molecule has 0 aliphatic heterocycles. The Morgan fingerprint density at radius 1 is 1.12 bits per heavy atom. The first kappa shape index (κ1) is 17.1. The number of fused-ring (bicyclic) bond motifs is 1. The molecule has 3 aromatic rings. The molecule has 8 heteroatoms. The molecule has 1 aromatic heterocycles. The number of nitrogens with zero attached hydrogens (tertiary/aromatic N) is 1. The van der Waals surface area contributed by atoms with Crippen LogP contribution in [0, 0.1) is 0 Å². The van der Waals surface area contributed by atoms with Crippen LogP contribution < -0.4 is 4.18 Å². The van der Waals surface area contributed by atoms with Crippen molar-refractivity contribution in [2.75, 3.05) is 5.75 Å². The molecule has 0 saturated heterocycles. The highest BCUT2D eigenvalue weighted by atomic mass is 35.5. The van der Waals surface area contributed by atoms with Crippen LogP contribution in [0.4, 0.5) is 0 Å². The normalized spacial score (nSPS) is 11.8. The quantitative estimate of drug-likeness (QED) is 0.582. The van der Waals surface area contributed by atoms with Crippen molar-refractivity contribution in [3.05, 3.63) is 46.4 Å². The van der Waals surface area contributed by atoms with Crippen LogP contribution in [0.25, 0.3) is 22.6 Å². The van der Waals surface area contributed by atoms with Crippen LogP contribution in [-0.2, 0) is 10.1 Å². The molecule has 1 heterocycles. The predicted molar refractivity (Wildman–Crippen MR) is 94.2 cm³/mol. The van der Waals surface area contributed by atoms with Crippen molar-refractivity contribution >= 4 is 44.4 Å². The third-order valence-electron chi connectivity index (χ3n) is 3.19. The zero-order valence-electron chi connectivity index (χ0n) is 12.6. The van der Waals surface area contributed by atoms with Crippen LogP contribution in [0.3, 0.4) is 0 Å². The van der Waals surface area contributed by atoms with Gasteiger partial charge in [0.1, 0.15) is 5.52 Å². The summed E-state index contributed by atoms with van der Waals surface area (Å²) in [5, 5.41) is 0.875. The first-order valence-electron chi connectivity index (χ1n) is 7.16. The second-order valence-electron chi connectivity index (χ2n) is 5.12. The second-order valence-corrected chi connectivity index (χ2v) is 7.68. The van der Waals surface area contributed by atoms with Crippen LogP contribution in [0.1, 0.15) is 13.3 Å². The maximum Gasteiger partial charge on any atom is 0.309 e. The standard InChI is InChI=1S/C16H13Cl2NO4S/c1-2-7-24(20,21)23-15-9-11(18)3-5-12(15)16-19-13-8-10(17)4-6-14(13)22-16/h3-6,8-9H,2,7H2,1H3. The molecule has 0 bridgehead atoms. The van der Waals surface area contributed by atoms with Gasteiger partial charge in [-0.25, -0.2) is 4.98 Å². The Bertz CT molecular complexity index is 998. The average Bonchev–Trinajstić information content (AvgIpc) is 2.89. The molecule has 24 heavy (non-hydrogen) atoms. The molecule has 0 spiro atoms. The molecule has 0 fully saturated rings. The van der Waals surface area contributed by atoms with E-state index in [1.807, 2.05) is 0 Å². The molecule has 0 unspecified atom stereocenters. The molecule has 126 valence electrons. The first-order valence-corrected chi connectivity index (χ1v) is 9.49. The van der Waals surface area contributed by atoms with E-state index in [-0.39, 0.29) is 17.4 Å². The Balaban J connectivity index is 2.09. The zero-order chi connectivity index (χ0) is 17.3. The molecule has 0 amide bonds. The van der Waals surface area contributed by atoms with E-state index in [1.165, 1.54) is 6.07 Å². The smallest absolute Gasteiger partial charge is 0.309 e. The minimum absolute atomic E-state index is 0.0774. The number of halogens is 2. The summed E-state index contributed by atoms with van der Waals surface area (Å²) in [6.45, 7) is 1.75. The van der Waals surface area contributed by atoms with E-state index < -0.39 is 10.1 Å². The van der Waals surface area contributed by atoms with Crippen molar-refractivity contribution < 1.29 is 17.0 Å². The van der Waals surface area contributed by atoms with Gasteiger partial charge in [0.15, 0.2) is 11.3 Å². The van der Waals surface area contributed by atoms with Gasteiger partial charge in [-0.3, -0.25) is 0 Å². The van der Waals surface area contributed by atoms with Gasteiger partial charge in [-0.05, 0) is 36.8 Å². The summed E-state index contributed by atoms with van der Waals surface area (Å²) in [6, 6.07) is 9.67. The molecule has 0 saturated carbocycles. The van der Waals surface area contributed by atoms with Gasteiger partial charge in [0.05, 0.1) is 11.3 Å². The van der Waals surface area contributed by atoms with E-state index in [9.17, 15) is 8.42 Å². The van der Waals surface area contributed by atoms with Crippen molar-refractivity contribution in [1.29, 1.82) is 0 Å². The summed E-state index contributed by atoms with van der Waals surface area (Å²) in [4.78, 5) is 4.34. The van der Waals surface area contributed by atoms with Crippen molar-refractivity contribution in [3.63, 3.8) is 0 Å². The van der Waals surface area contributed by atoms with Gasteiger partial charge >= 0.3 is 10.1 Å². The van der Waals surface area contributed by atoms with Gasteiger partial charge in [-0.15, -0.1) is 0 Å². The lowest BCUT2D eigenvalue weighted by atomic mass is 10.2. The topological polar surface area (TPSA) is 69.4 Å². The highest BCUT2D eigenvalue weighted by Crippen LogP contribution is 2.35. The van der Waals surface area contributed by atoms with Crippen molar-refractivity contribution in [2.24, 2.45) is 0 Å². The lowest BCUT2D eigenvalue weighted by Crippen LogP contribution is -2.13. The SMILES string of the molecule is CCCS(=O)(=O)Oc1cc(Cl)ccc1-c1nc2cc(Cl)ccc2o1. The maximum atomic E-state index is 12.0. The summed E-state index contributed by atoms with van der Waals surface area (Å²) >= 11 is 11.9. The molecule has 0 aliphatic carbocycles. The first-order chi connectivity index (χ1) is 11.4. The number of hydrogen-bond donors (Lipinski definition) is 0. The molecule has 2 aromatic carbocycles. The van der Waals surface area contributed by atoms with E-state index in [4.69, 9.17) is 31.8 Å². The summed E-state index contributed by atoms with van der Waals surface area (Å²) < 4.78 is 34.8. The van der Waals surface area contributed by atoms with Crippen LogP contribution >= 0.6 is 23.2 Å². The zero-order valence-corrected chi connectivity index (χ0v) is 15.0. The summed E-state index contributed by atoms with van der Waals surface area (Å²) in [5.41, 5.74) is 1.49. The highest BCUT2D eigenvalue weighted by molar-refractivity contribution is 7.87. The van der Waals surface area contributed by atoms with Crippen molar-refractivity contribution in [3.8, 4) is 17.2 Å². The third kappa shape index (κ3) is 3.66. The average molecular weight is 386 g/mol. The molecule has 3 rings (SSSR count).